The van der Waals surface area contributed by atoms with Gasteiger partial charge in [0.15, 0.2) is 0 Å². The third-order valence-electron chi connectivity index (χ3n) is 3.45. The van der Waals surface area contributed by atoms with Crippen molar-refractivity contribution in [3.05, 3.63) is 51.8 Å². The Hall–Kier alpha value is -1.92. The molecule has 0 saturated heterocycles. The lowest BCUT2D eigenvalue weighted by Crippen LogP contribution is -2.02. The Bertz CT molecular complexity index is 650. The quantitative estimate of drug-likeness (QED) is 0.925. The van der Waals surface area contributed by atoms with Gasteiger partial charge >= 0.3 is 0 Å². The molecule has 1 heterocycles. The summed E-state index contributed by atoms with van der Waals surface area (Å²) >= 11 is 6.13. The fraction of sp³-hybridized carbons (Fsp3) is 0.267. The molecule has 1 N–H and O–H groups in total. The number of aromatic nitrogens is 1. The average Bonchev–Trinajstić information content (AvgIpc) is 2.65. The number of nitriles is 1. The highest BCUT2D eigenvalue weighted by Gasteiger charge is 2.07. The van der Waals surface area contributed by atoms with Gasteiger partial charge in [0.2, 0.25) is 0 Å². The van der Waals surface area contributed by atoms with E-state index in [1.165, 1.54) is 17.0 Å². The zero-order valence-corrected chi connectivity index (χ0v) is 12.0. The lowest BCUT2D eigenvalue weighted by Gasteiger charge is -2.09. The van der Waals surface area contributed by atoms with E-state index in [4.69, 9.17) is 16.9 Å². The highest BCUT2D eigenvalue weighted by molar-refractivity contribution is 6.33. The predicted molar refractivity (Wildman–Crippen MR) is 78.4 cm³/mol. The summed E-state index contributed by atoms with van der Waals surface area (Å²) in [6.07, 6.45) is 0. The van der Waals surface area contributed by atoms with E-state index in [0.29, 0.717) is 10.6 Å². The summed E-state index contributed by atoms with van der Waals surface area (Å²) in [5.41, 5.74) is 5.15. The van der Waals surface area contributed by atoms with Gasteiger partial charge in [-0.2, -0.15) is 5.26 Å². The molecule has 0 radical (unpaired) electrons. The topological polar surface area (TPSA) is 40.8 Å². The summed E-state index contributed by atoms with van der Waals surface area (Å²) in [5, 5.41) is 12.7. The normalized spacial score (nSPS) is 10.3. The van der Waals surface area contributed by atoms with Crippen LogP contribution < -0.4 is 5.32 Å². The number of benzene rings is 1. The van der Waals surface area contributed by atoms with E-state index < -0.39 is 0 Å². The van der Waals surface area contributed by atoms with Crippen molar-refractivity contribution in [1.29, 1.82) is 5.26 Å². The number of halogens is 1. The minimum Gasteiger partial charge on any atom is -0.380 e. The first kappa shape index (κ1) is 13.5. The Morgan fingerprint density at radius 1 is 1.32 bits per heavy atom. The average molecular weight is 274 g/mol. The van der Waals surface area contributed by atoms with Crippen molar-refractivity contribution in [2.45, 2.75) is 20.4 Å². The summed E-state index contributed by atoms with van der Waals surface area (Å²) in [6, 6.07) is 9.51. The number of hydrogen-bond acceptors (Lipinski definition) is 2. The fourth-order valence-corrected chi connectivity index (χ4v) is 2.28. The van der Waals surface area contributed by atoms with E-state index in [0.717, 1.165) is 12.2 Å². The SMILES string of the molecule is Cc1cc(CNc2ccc(C#N)cc2Cl)c(C)n1C. The van der Waals surface area contributed by atoms with Gasteiger partial charge in [-0.3, -0.25) is 0 Å². The van der Waals surface area contributed by atoms with E-state index in [9.17, 15) is 0 Å². The fourth-order valence-electron chi connectivity index (χ4n) is 2.03. The molecule has 4 heteroatoms. The van der Waals surface area contributed by atoms with Crippen molar-refractivity contribution in [1.82, 2.24) is 4.57 Å². The third-order valence-corrected chi connectivity index (χ3v) is 3.76. The van der Waals surface area contributed by atoms with Crippen LogP contribution in [-0.2, 0) is 13.6 Å². The summed E-state index contributed by atoms with van der Waals surface area (Å²) in [7, 11) is 2.06. The number of hydrogen-bond donors (Lipinski definition) is 1. The molecule has 0 unspecified atom stereocenters. The first-order valence-electron chi connectivity index (χ1n) is 6.08. The Labute approximate surface area is 118 Å². The lowest BCUT2D eigenvalue weighted by molar-refractivity contribution is 0.837. The van der Waals surface area contributed by atoms with E-state index in [-0.39, 0.29) is 0 Å². The molecule has 98 valence electrons. The monoisotopic (exact) mass is 273 g/mol. The van der Waals surface area contributed by atoms with Gasteiger partial charge in [0.25, 0.3) is 0 Å². The van der Waals surface area contributed by atoms with Gasteiger partial charge in [-0.25, -0.2) is 0 Å². The molecule has 0 spiro atoms. The highest BCUT2D eigenvalue weighted by atomic mass is 35.5. The van der Waals surface area contributed by atoms with Crippen LogP contribution in [0, 0.1) is 25.2 Å². The van der Waals surface area contributed by atoms with Gasteiger partial charge in [-0.15, -0.1) is 0 Å². The van der Waals surface area contributed by atoms with Crippen LogP contribution in [0.4, 0.5) is 5.69 Å². The first-order chi connectivity index (χ1) is 9.02. The molecule has 0 aliphatic carbocycles. The zero-order chi connectivity index (χ0) is 14.0. The summed E-state index contributed by atoms with van der Waals surface area (Å²) < 4.78 is 2.16. The van der Waals surface area contributed by atoms with E-state index >= 15 is 0 Å². The zero-order valence-electron chi connectivity index (χ0n) is 11.3. The molecule has 1 aromatic heterocycles. The van der Waals surface area contributed by atoms with Crippen molar-refractivity contribution in [2.75, 3.05) is 5.32 Å². The highest BCUT2D eigenvalue weighted by Crippen LogP contribution is 2.24. The van der Waals surface area contributed by atoms with Crippen molar-refractivity contribution in [3.63, 3.8) is 0 Å². The standard InChI is InChI=1S/C15H16ClN3/c1-10-6-13(11(2)19(10)3)9-18-15-5-4-12(8-17)7-14(15)16/h4-7,18H,9H2,1-3H3. The molecule has 1 aromatic carbocycles. The number of rotatable bonds is 3. The number of aryl methyl sites for hydroxylation is 1. The van der Waals surface area contributed by atoms with Crippen LogP contribution in [0.3, 0.4) is 0 Å². The van der Waals surface area contributed by atoms with Gasteiger partial charge in [0.1, 0.15) is 0 Å². The molecule has 2 aromatic rings. The molecule has 0 bridgehead atoms. The third kappa shape index (κ3) is 2.74. The van der Waals surface area contributed by atoms with Crippen LogP contribution in [-0.4, -0.2) is 4.57 Å². The van der Waals surface area contributed by atoms with Crippen LogP contribution in [0.15, 0.2) is 24.3 Å². The van der Waals surface area contributed by atoms with E-state index in [1.807, 2.05) is 6.07 Å². The summed E-state index contributed by atoms with van der Waals surface area (Å²) in [6.45, 7) is 4.91. The van der Waals surface area contributed by atoms with Crippen molar-refractivity contribution in [2.24, 2.45) is 7.05 Å². The molecule has 0 aliphatic heterocycles. The van der Waals surface area contributed by atoms with Crippen molar-refractivity contribution < 1.29 is 0 Å². The molecule has 3 nitrogen and oxygen atoms in total. The Balaban J connectivity index is 2.15. The molecule has 0 fully saturated rings. The predicted octanol–water partition coefficient (Wildman–Crippen LogP) is 3.78. The maximum atomic E-state index is 8.80. The number of nitrogens with zero attached hydrogens (tertiary/aromatic N) is 2. The van der Waals surface area contributed by atoms with E-state index in [2.05, 4.69) is 42.9 Å². The van der Waals surface area contributed by atoms with Crippen LogP contribution >= 0.6 is 11.6 Å². The van der Waals surface area contributed by atoms with Crippen molar-refractivity contribution >= 4 is 17.3 Å². The van der Waals surface area contributed by atoms with Gasteiger partial charge in [-0.05, 0) is 43.7 Å². The largest absolute Gasteiger partial charge is 0.380 e. The molecule has 0 aliphatic rings. The van der Waals surface area contributed by atoms with Gasteiger partial charge < -0.3 is 9.88 Å². The minimum atomic E-state index is 0.572. The Morgan fingerprint density at radius 2 is 2.05 bits per heavy atom. The molecular formula is C15H16ClN3. The maximum absolute atomic E-state index is 8.80. The second-order valence-corrected chi connectivity index (χ2v) is 5.02. The molecule has 0 atom stereocenters. The summed E-state index contributed by atoms with van der Waals surface area (Å²) in [4.78, 5) is 0. The summed E-state index contributed by atoms with van der Waals surface area (Å²) in [5.74, 6) is 0. The molecule has 19 heavy (non-hydrogen) atoms. The Kier molecular flexibility index (Phi) is 3.82. The van der Waals surface area contributed by atoms with Crippen LogP contribution in [0.2, 0.25) is 5.02 Å². The number of nitrogens with one attached hydrogen (secondary N) is 1. The van der Waals surface area contributed by atoms with E-state index in [1.54, 1.807) is 12.1 Å². The molecule has 0 saturated carbocycles. The smallest absolute Gasteiger partial charge is 0.0992 e. The van der Waals surface area contributed by atoms with Gasteiger partial charge in [0, 0.05) is 25.0 Å². The molecule has 0 amide bonds. The lowest BCUT2D eigenvalue weighted by atomic mass is 10.2. The van der Waals surface area contributed by atoms with Crippen LogP contribution in [0.1, 0.15) is 22.5 Å². The van der Waals surface area contributed by atoms with Gasteiger partial charge in [0.05, 0.1) is 22.3 Å². The van der Waals surface area contributed by atoms with Gasteiger partial charge in [-0.1, -0.05) is 11.6 Å². The van der Waals surface area contributed by atoms with Crippen LogP contribution in [0.5, 0.6) is 0 Å². The second-order valence-electron chi connectivity index (χ2n) is 4.62. The minimum absolute atomic E-state index is 0.572. The van der Waals surface area contributed by atoms with Crippen LogP contribution in [0.25, 0.3) is 0 Å². The number of anilines is 1. The van der Waals surface area contributed by atoms with Crippen molar-refractivity contribution in [3.8, 4) is 6.07 Å². The molecule has 2 rings (SSSR count). The maximum Gasteiger partial charge on any atom is 0.0992 e. The first-order valence-corrected chi connectivity index (χ1v) is 6.46. The molecular weight excluding hydrogens is 258 g/mol. The Morgan fingerprint density at radius 3 is 2.58 bits per heavy atom. The second kappa shape index (κ2) is 5.38.